The summed E-state index contributed by atoms with van der Waals surface area (Å²) in [4.78, 5) is 0. The molecule has 0 saturated carbocycles. The number of nitriles is 1. The zero-order valence-electron chi connectivity index (χ0n) is 9.80. The van der Waals surface area contributed by atoms with Gasteiger partial charge in [0.2, 0.25) is 0 Å². The SMILES string of the molecule is Cc1ccc(NC2=C(C#N)CCC2)c(C)c1. The van der Waals surface area contributed by atoms with Crippen LogP contribution in [0.2, 0.25) is 0 Å². The van der Waals surface area contributed by atoms with Gasteiger partial charge in [-0.3, -0.25) is 0 Å². The van der Waals surface area contributed by atoms with Crippen LogP contribution in [0.5, 0.6) is 0 Å². The molecule has 2 heteroatoms. The van der Waals surface area contributed by atoms with Crippen molar-refractivity contribution in [3.8, 4) is 6.07 Å². The van der Waals surface area contributed by atoms with E-state index in [4.69, 9.17) is 5.26 Å². The highest BCUT2D eigenvalue weighted by atomic mass is 14.9. The van der Waals surface area contributed by atoms with E-state index in [2.05, 4.69) is 43.4 Å². The van der Waals surface area contributed by atoms with E-state index in [0.29, 0.717) is 0 Å². The zero-order valence-corrected chi connectivity index (χ0v) is 9.80. The van der Waals surface area contributed by atoms with Crippen molar-refractivity contribution in [3.63, 3.8) is 0 Å². The summed E-state index contributed by atoms with van der Waals surface area (Å²) in [6, 6.07) is 8.62. The van der Waals surface area contributed by atoms with Crippen molar-refractivity contribution in [2.45, 2.75) is 33.1 Å². The molecule has 16 heavy (non-hydrogen) atoms. The minimum atomic E-state index is 0.917. The Morgan fingerprint density at radius 2 is 2.06 bits per heavy atom. The van der Waals surface area contributed by atoms with Crippen LogP contribution in [0, 0.1) is 25.2 Å². The highest BCUT2D eigenvalue weighted by Crippen LogP contribution is 2.28. The standard InChI is InChI=1S/C14H16N2/c1-10-6-7-13(11(2)8-10)16-14-5-3-4-12(14)9-15/h6-8,16H,3-5H2,1-2H3. The van der Waals surface area contributed by atoms with Crippen LogP contribution < -0.4 is 5.32 Å². The van der Waals surface area contributed by atoms with E-state index in [1.54, 1.807) is 0 Å². The molecule has 0 aromatic heterocycles. The Balaban J connectivity index is 2.25. The van der Waals surface area contributed by atoms with Crippen molar-refractivity contribution in [2.24, 2.45) is 0 Å². The number of rotatable bonds is 2. The summed E-state index contributed by atoms with van der Waals surface area (Å²) >= 11 is 0. The first-order valence-corrected chi connectivity index (χ1v) is 5.67. The largest absolute Gasteiger partial charge is 0.358 e. The molecule has 2 rings (SSSR count). The molecule has 0 radical (unpaired) electrons. The molecule has 0 fully saturated rings. The van der Waals surface area contributed by atoms with Crippen molar-refractivity contribution in [1.29, 1.82) is 5.26 Å². The first-order chi connectivity index (χ1) is 7.70. The lowest BCUT2D eigenvalue weighted by Gasteiger charge is -2.11. The predicted molar refractivity (Wildman–Crippen MR) is 66.0 cm³/mol. The molecule has 0 bridgehead atoms. The molecule has 2 nitrogen and oxygen atoms in total. The lowest BCUT2D eigenvalue weighted by Crippen LogP contribution is -2.00. The third-order valence-corrected chi connectivity index (χ3v) is 3.02. The first-order valence-electron chi connectivity index (χ1n) is 5.67. The molecule has 1 aromatic rings. The van der Waals surface area contributed by atoms with Gasteiger partial charge in [-0.2, -0.15) is 5.26 Å². The summed E-state index contributed by atoms with van der Waals surface area (Å²) in [6.07, 6.45) is 3.01. The van der Waals surface area contributed by atoms with Crippen LogP contribution >= 0.6 is 0 Å². The Morgan fingerprint density at radius 1 is 1.25 bits per heavy atom. The fourth-order valence-corrected chi connectivity index (χ4v) is 2.12. The van der Waals surface area contributed by atoms with Gasteiger partial charge < -0.3 is 5.32 Å². The molecule has 82 valence electrons. The smallest absolute Gasteiger partial charge is 0.0965 e. The molecule has 1 aromatic carbocycles. The molecular formula is C14H16N2. The zero-order chi connectivity index (χ0) is 11.5. The number of allylic oxidation sites excluding steroid dienone is 2. The maximum atomic E-state index is 8.98. The van der Waals surface area contributed by atoms with Gasteiger partial charge in [0.15, 0.2) is 0 Å². The fourth-order valence-electron chi connectivity index (χ4n) is 2.12. The second kappa shape index (κ2) is 4.40. The Hall–Kier alpha value is -1.75. The molecule has 1 aliphatic carbocycles. The van der Waals surface area contributed by atoms with Crippen molar-refractivity contribution in [3.05, 3.63) is 40.6 Å². The van der Waals surface area contributed by atoms with Gasteiger partial charge >= 0.3 is 0 Å². The highest BCUT2D eigenvalue weighted by Gasteiger charge is 2.14. The summed E-state index contributed by atoms with van der Waals surface area (Å²) in [5.41, 5.74) is 5.64. The molecule has 0 unspecified atom stereocenters. The minimum Gasteiger partial charge on any atom is -0.358 e. The first kappa shape index (κ1) is 10.8. The van der Waals surface area contributed by atoms with Crippen molar-refractivity contribution in [2.75, 3.05) is 5.32 Å². The number of anilines is 1. The van der Waals surface area contributed by atoms with Crippen LogP contribution in [0.1, 0.15) is 30.4 Å². The van der Waals surface area contributed by atoms with E-state index in [9.17, 15) is 0 Å². The summed E-state index contributed by atoms with van der Waals surface area (Å²) in [5, 5.41) is 12.4. The van der Waals surface area contributed by atoms with Crippen LogP contribution in [0.25, 0.3) is 0 Å². The molecule has 1 aliphatic rings. The highest BCUT2D eigenvalue weighted by molar-refractivity contribution is 5.57. The number of hydrogen-bond acceptors (Lipinski definition) is 2. The van der Waals surface area contributed by atoms with Crippen molar-refractivity contribution in [1.82, 2.24) is 0 Å². The predicted octanol–water partition coefficient (Wildman–Crippen LogP) is 3.68. The maximum absolute atomic E-state index is 8.98. The summed E-state index contributed by atoms with van der Waals surface area (Å²) in [6.45, 7) is 4.18. The summed E-state index contributed by atoms with van der Waals surface area (Å²) in [5.74, 6) is 0. The number of nitrogens with one attached hydrogen (secondary N) is 1. The van der Waals surface area contributed by atoms with Crippen LogP contribution in [-0.4, -0.2) is 0 Å². The van der Waals surface area contributed by atoms with Crippen molar-refractivity contribution >= 4 is 5.69 Å². The van der Waals surface area contributed by atoms with Gasteiger partial charge in [0.1, 0.15) is 0 Å². The number of benzene rings is 1. The summed E-state index contributed by atoms with van der Waals surface area (Å²) in [7, 11) is 0. The molecule has 0 amide bonds. The van der Waals surface area contributed by atoms with Gasteiger partial charge in [0, 0.05) is 17.0 Å². The number of aryl methyl sites for hydroxylation is 2. The quantitative estimate of drug-likeness (QED) is 0.811. The third kappa shape index (κ3) is 2.09. The average Bonchev–Trinajstić information content (AvgIpc) is 2.69. The Kier molecular flexibility index (Phi) is 2.96. The minimum absolute atomic E-state index is 0.917. The second-order valence-electron chi connectivity index (χ2n) is 4.37. The number of nitrogens with zero attached hydrogens (tertiary/aromatic N) is 1. The maximum Gasteiger partial charge on any atom is 0.0965 e. The van der Waals surface area contributed by atoms with Gasteiger partial charge in [-0.15, -0.1) is 0 Å². The van der Waals surface area contributed by atoms with Gasteiger partial charge in [-0.05, 0) is 44.7 Å². The third-order valence-electron chi connectivity index (χ3n) is 3.02. The molecule has 0 spiro atoms. The van der Waals surface area contributed by atoms with Gasteiger partial charge in [0.05, 0.1) is 6.07 Å². The van der Waals surface area contributed by atoms with Crippen LogP contribution in [-0.2, 0) is 0 Å². The average molecular weight is 212 g/mol. The monoisotopic (exact) mass is 212 g/mol. The van der Waals surface area contributed by atoms with Crippen LogP contribution in [0.3, 0.4) is 0 Å². The molecule has 0 aliphatic heterocycles. The van der Waals surface area contributed by atoms with E-state index in [1.807, 2.05) is 0 Å². The van der Waals surface area contributed by atoms with E-state index in [0.717, 1.165) is 36.2 Å². The Morgan fingerprint density at radius 3 is 2.75 bits per heavy atom. The molecule has 1 N–H and O–H groups in total. The molecule has 0 atom stereocenters. The molecule has 0 saturated heterocycles. The molecule has 0 heterocycles. The van der Waals surface area contributed by atoms with Gasteiger partial charge in [0.25, 0.3) is 0 Å². The lowest BCUT2D eigenvalue weighted by molar-refractivity contribution is 0.901. The lowest BCUT2D eigenvalue weighted by atomic mass is 10.1. The van der Waals surface area contributed by atoms with E-state index in [-0.39, 0.29) is 0 Å². The van der Waals surface area contributed by atoms with Crippen molar-refractivity contribution < 1.29 is 0 Å². The van der Waals surface area contributed by atoms with E-state index in [1.165, 1.54) is 11.1 Å². The van der Waals surface area contributed by atoms with Crippen LogP contribution in [0.15, 0.2) is 29.5 Å². The Labute approximate surface area is 96.6 Å². The van der Waals surface area contributed by atoms with Crippen LogP contribution in [0.4, 0.5) is 5.69 Å². The second-order valence-corrected chi connectivity index (χ2v) is 4.37. The number of hydrogen-bond donors (Lipinski definition) is 1. The topological polar surface area (TPSA) is 35.8 Å². The molecular weight excluding hydrogens is 196 g/mol. The van der Waals surface area contributed by atoms with Gasteiger partial charge in [-0.25, -0.2) is 0 Å². The summed E-state index contributed by atoms with van der Waals surface area (Å²) < 4.78 is 0. The van der Waals surface area contributed by atoms with E-state index >= 15 is 0 Å². The Bertz CT molecular complexity index is 478. The normalized spacial score (nSPS) is 15.1. The van der Waals surface area contributed by atoms with Gasteiger partial charge in [-0.1, -0.05) is 17.7 Å². The van der Waals surface area contributed by atoms with E-state index < -0.39 is 0 Å². The fraction of sp³-hybridized carbons (Fsp3) is 0.357.